The molecule has 1 amide bonds. The maximum Gasteiger partial charge on any atom is 0.242 e. The number of hydrogen-bond donors (Lipinski definition) is 1. The summed E-state index contributed by atoms with van der Waals surface area (Å²) in [4.78, 5) is 21.2. The quantitative estimate of drug-likeness (QED) is 0.325. The van der Waals surface area contributed by atoms with Gasteiger partial charge >= 0.3 is 0 Å². The molecule has 8 heteroatoms. The fourth-order valence-corrected chi connectivity index (χ4v) is 3.30. The van der Waals surface area contributed by atoms with E-state index >= 15 is 0 Å². The Morgan fingerprint density at radius 1 is 1.15 bits per heavy atom. The summed E-state index contributed by atoms with van der Waals surface area (Å²) in [5.74, 6) is 1.19. The van der Waals surface area contributed by atoms with Crippen LogP contribution in [0.1, 0.15) is 20.8 Å². The Bertz CT molecular complexity index is 580. The number of carbonyl (C=O) groups excluding carboxylic acids is 1. The fourth-order valence-electron chi connectivity index (χ4n) is 2.35. The highest BCUT2D eigenvalue weighted by Gasteiger charge is 2.15. The molecule has 148 valence electrons. The van der Waals surface area contributed by atoms with Gasteiger partial charge in [0.1, 0.15) is 0 Å². The van der Waals surface area contributed by atoms with Crippen molar-refractivity contribution in [1.29, 1.82) is 0 Å². The highest BCUT2D eigenvalue weighted by atomic mass is 127. The van der Waals surface area contributed by atoms with E-state index in [1.807, 2.05) is 63.1 Å². The van der Waals surface area contributed by atoms with E-state index in [9.17, 15) is 9.00 Å². The van der Waals surface area contributed by atoms with E-state index < -0.39 is 10.8 Å². The van der Waals surface area contributed by atoms with Crippen molar-refractivity contribution in [2.45, 2.75) is 25.7 Å². The first kappa shape index (κ1) is 24.8. The Hall–Kier alpha value is -1.16. The lowest BCUT2D eigenvalue weighted by Gasteiger charge is -2.25. The number of hydrogen-bond acceptors (Lipinski definition) is 3. The second-order valence-corrected chi connectivity index (χ2v) is 7.09. The van der Waals surface area contributed by atoms with E-state index in [-0.39, 0.29) is 36.4 Å². The minimum atomic E-state index is -1.07. The van der Waals surface area contributed by atoms with Gasteiger partial charge in [-0.1, -0.05) is 18.2 Å². The van der Waals surface area contributed by atoms with Crippen LogP contribution >= 0.6 is 24.0 Å². The first-order valence-corrected chi connectivity index (χ1v) is 10.1. The molecule has 0 aliphatic rings. The molecule has 0 saturated heterocycles. The third-order valence-corrected chi connectivity index (χ3v) is 5.08. The molecule has 0 aromatic heterocycles. The zero-order chi connectivity index (χ0) is 18.7. The van der Waals surface area contributed by atoms with Crippen molar-refractivity contribution in [3.05, 3.63) is 30.3 Å². The summed E-state index contributed by atoms with van der Waals surface area (Å²) in [6.45, 7) is 8.75. The van der Waals surface area contributed by atoms with Gasteiger partial charge in [-0.3, -0.25) is 14.0 Å². The van der Waals surface area contributed by atoms with Crippen LogP contribution in [-0.2, 0) is 15.6 Å². The lowest BCUT2D eigenvalue weighted by molar-refractivity contribution is -0.131. The predicted octanol–water partition coefficient (Wildman–Crippen LogP) is 2.18. The van der Waals surface area contributed by atoms with Crippen molar-refractivity contribution in [3.8, 4) is 0 Å². The molecule has 0 heterocycles. The van der Waals surface area contributed by atoms with Crippen molar-refractivity contribution in [2.24, 2.45) is 4.99 Å². The molecule has 1 N–H and O–H groups in total. The first-order chi connectivity index (χ1) is 12.0. The smallest absolute Gasteiger partial charge is 0.242 e. The van der Waals surface area contributed by atoms with Gasteiger partial charge in [0.2, 0.25) is 5.91 Å². The molecule has 1 unspecified atom stereocenters. The molecule has 26 heavy (non-hydrogen) atoms. The summed E-state index contributed by atoms with van der Waals surface area (Å²) < 4.78 is 12.2. The van der Waals surface area contributed by atoms with Crippen molar-refractivity contribution in [2.75, 3.05) is 45.5 Å². The number of likely N-dealkylation sites (N-methyl/N-ethyl adjacent to an activating group) is 2. The lowest BCUT2D eigenvalue weighted by Crippen LogP contribution is -2.45. The summed E-state index contributed by atoms with van der Waals surface area (Å²) in [7, 11) is 0.778. The van der Waals surface area contributed by atoms with E-state index in [0.717, 1.165) is 4.90 Å². The number of rotatable bonds is 9. The van der Waals surface area contributed by atoms with Crippen LogP contribution < -0.4 is 5.32 Å². The van der Waals surface area contributed by atoms with Crippen LogP contribution in [0.2, 0.25) is 0 Å². The second-order valence-electron chi connectivity index (χ2n) is 5.52. The third-order valence-electron chi connectivity index (χ3n) is 3.73. The van der Waals surface area contributed by atoms with E-state index in [1.165, 1.54) is 0 Å². The average Bonchev–Trinajstić information content (AvgIpc) is 2.62. The number of halogens is 1. The van der Waals surface area contributed by atoms with Crippen LogP contribution in [0, 0.1) is 0 Å². The Balaban J connectivity index is 0.00000625. The molecule has 1 atom stereocenters. The standard InChI is InChI=1S/C18H30N4O2S.HI/c1-5-19-18(21(4)15-17(23)22(6-2)7-3)20-13-14-25(24)16-11-9-8-10-12-16;/h8-12H,5-7,13-15H2,1-4H3,(H,19,20);1H. The van der Waals surface area contributed by atoms with Crippen LogP contribution in [0.25, 0.3) is 0 Å². The molecule has 6 nitrogen and oxygen atoms in total. The summed E-state index contributed by atoms with van der Waals surface area (Å²) in [5, 5.41) is 3.18. The second kappa shape index (κ2) is 14.0. The van der Waals surface area contributed by atoms with Gasteiger partial charge in [0.15, 0.2) is 5.96 Å². The molecule has 0 saturated carbocycles. The maximum absolute atomic E-state index is 12.2. The topological polar surface area (TPSA) is 65.0 Å². The van der Waals surface area contributed by atoms with Gasteiger partial charge in [0, 0.05) is 37.3 Å². The van der Waals surface area contributed by atoms with Crippen LogP contribution in [-0.4, -0.2) is 71.4 Å². The van der Waals surface area contributed by atoms with Gasteiger partial charge < -0.3 is 15.1 Å². The van der Waals surface area contributed by atoms with Crippen molar-refractivity contribution >= 4 is 46.6 Å². The van der Waals surface area contributed by atoms with Gasteiger partial charge in [-0.05, 0) is 32.9 Å². The summed E-state index contributed by atoms with van der Waals surface area (Å²) in [6, 6.07) is 9.39. The van der Waals surface area contributed by atoms with E-state index in [2.05, 4.69) is 10.3 Å². The Kier molecular flexibility index (Phi) is 13.3. The normalized spacial score (nSPS) is 12.1. The molecule has 0 bridgehead atoms. The molecule has 0 aliphatic heterocycles. The minimum absolute atomic E-state index is 0. The molecule has 1 aromatic carbocycles. The molecule has 0 fully saturated rings. The van der Waals surface area contributed by atoms with E-state index in [4.69, 9.17) is 0 Å². The van der Waals surface area contributed by atoms with Gasteiger partial charge in [0.25, 0.3) is 0 Å². The van der Waals surface area contributed by atoms with Crippen LogP contribution in [0.4, 0.5) is 0 Å². The number of nitrogens with one attached hydrogen (secondary N) is 1. The van der Waals surface area contributed by atoms with Crippen LogP contribution in [0.5, 0.6) is 0 Å². The summed E-state index contributed by atoms with van der Waals surface area (Å²) in [6.07, 6.45) is 0. The first-order valence-electron chi connectivity index (χ1n) is 8.74. The van der Waals surface area contributed by atoms with Crippen molar-refractivity contribution in [1.82, 2.24) is 15.1 Å². The third kappa shape index (κ3) is 8.48. The molecular formula is C18H31IN4O2S. The number of guanidine groups is 1. The zero-order valence-corrected chi connectivity index (χ0v) is 19.3. The van der Waals surface area contributed by atoms with Gasteiger partial charge in [-0.15, -0.1) is 24.0 Å². The van der Waals surface area contributed by atoms with Gasteiger partial charge in [-0.25, -0.2) is 0 Å². The minimum Gasteiger partial charge on any atom is -0.357 e. The Morgan fingerprint density at radius 3 is 2.31 bits per heavy atom. The predicted molar refractivity (Wildman–Crippen MR) is 120 cm³/mol. The van der Waals surface area contributed by atoms with E-state index in [0.29, 0.717) is 37.9 Å². The Labute approximate surface area is 176 Å². The zero-order valence-electron chi connectivity index (χ0n) is 16.1. The molecule has 1 aromatic rings. The van der Waals surface area contributed by atoms with Crippen molar-refractivity contribution in [3.63, 3.8) is 0 Å². The highest BCUT2D eigenvalue weighted by Crippen LogP contribution is 2.05. The summed E-state index contributed by atoms with van der Waals surface area (Å²) >= 11 is 0. The van der Waals surface area contributed by atoms with Crippen LogP contribution in [0.15, 0.2) is 40.2 Å². The Morgan fingerprint density at radius 2 is 1.77 bits per heavy atom. The SMILES string of the molecule is CCNC(=NCCS(=O)c1ccccc1)N(C)CC(=O)N(CC)CC.I. The van der Waals surface area contributed by atoms with E-state index in [1.54, 1.807) is 4.90 Å². The molecule has 1 rings (SSSR count). The number of nitrogens with zero attached hydrogens (tertiary/aromatic N) is 3. The molecule has 0 radical (unpaired) electrons. The number of amides is 1. The van der Waals surface area contributed by atoms with Gasteiger partial charge in [-0.2, -0.15) is 0 Å². The lowest BCUT2D eigenvalue weighted by atomic mass is 10.4. The molecule has 0 aliphatic carbocycles. The van der Waals surface area contributed by atoms with Gasteiger partial charge in [0.05, 0.1) is 23.9 Å². The molecular weight excluding hydrogens is 463 g/mol. The number of carbonyl (C=O) groups is 1. The fraction of sp³-hybridized carbons (Fsp3) is 0.556. The largest absolute Gasteiger partial charge is 0.357 e. The van der Waals surface area contributed by atoms with Crippen molar-refractivity contribution < 1.29 is 9.00 Å². The molecule has 0 spiro atoms. The summed E-state index contributed by atoms with van der Waals surface area (Å²) in [5.41, 5.74) is 0. The monoisotopic (exact) mass is 494 g/mol. The van der Waals surface area contributed by atoms with Crippen LogP contribution in [0.3, 0.4) is 0 Å². The number of benzene rings is 1. The average molecular weight is 494 g/mol. The highest BCUT2D eigenvalue weighted by molar-refractivity contribution is 14.0. The number of aliphatic imine (C=N–C) groups is 1. The maximum atomic E-state index is 12.2.